The van der Waals surface area contributed by atoms with Crippen LogP contribution in [0.3, 0.4) is 0 Å². The molecule has 4 aromatic rings. The van der Waals surface area contributed by atoms with Gasteiger partial charge in [0.15, 0.2) is 0 Å². The van der Waals surface area contributed by atoms with Gasteiger partial charge in [0.05, 0.1) is 17.2 Å². The zero-order valence-corrected chi connectivity index (χ0v) is 30.0. The Morgan fingerprint density at radius 1 is 1.06 bits per heavy atom. The molecule has 1 unspecified atom stereocenters. The molecule has 49 heavy (non-hydrogen) atoms. The highest BCUT2D eigenvalue weighted by Crippen LogP contribution is 2.38. The molecule has 0 aliphatic carbocycles. The number of aliphatic hydroxyl groups is 1. The lowest BCUT2D eigenvalue weighted by Crippen LogP contribution is -2.28. The Morgan fingerprint density at radius 3 is 2.61 bits per heavy atom. The summed E-state index contributed by atoms with van der Waals surface area (Å²) in [5.74, 6) is 1.02. The lowest BCUT2D eigenvalue weighted by Gasteiger charge is -2.19. The molecule has 0 bridgehead atoms. The lowest BCUT2D eigenvalue weighted by atomic mass is 9.97. The zero-order valence-electron chi connectivity index (χ0n) is 27.6. The highest BCUT2D eigenvalue weighted by atomic mass is 79.9. The maximum atomic E-state index is 9.50. The SMILES string of the molecule is CC(CO)NCc1cc(Cl)c(OCc2cccc(-c3cccc(NCCCN4CCCC4)c3C=N)c2Br)cc1OCc1cncc(C#N)c1. The number of hydrogen-bond donors (Lipinski definition) is 4. The Hall–Kier alpha value is -3.98. The standard InChI is InChI=1S/C38H42BrClN6O3/c1-26(23-47)45-22-30-16-34(40)37(17-36(30)48-24-28-15-27(18-41)20-43-21-28)49-25-29-7-4-9-32(38(29)39)31-8-5-10-35(33(31)19-42)44-11-6-14-46-12-2-3-13-46/h4-5,7-10,15-17,19-21,26,42,44-45,47H,2-3,6,11-14,22-25H2,1H3. The normalized spacial score (nSPS) is 13.5. The molecule has 1 aromatic heterocycles. The van der Waals surface area contributed by atoms with Crippen molar-refractivity contribution in [2.75, 3.05) is 38.1 Å². The van der Waals surface area contributed by atoms with Crippen molar-refractivity contribution in [1.82, 2.24) is 15.2 Å². The number of aliphatic hydroxyl groups excluding tert-OH is 1. The largest absolute Gasteiger partial charge is 0.488 e. The molecule has 0 spiro atoms. The van der Waals surface area contributed by atoms with Gasteiger partial charge in [-0.15, -0.1) is 0 Å². The summed E-state index contributed by atoms with van der Waals surface area (Å²) in [6.07, 6.45) is 8.23. The number of halogens is 2. The zero-order chi connectivity index (χ0) is 34.6. The van der Waals surface area contributed by atoms with Gasteiger partial charge < -0.3 is 35.5 Å². The third-order valence-electron chi connectivity index (χ3n) is 8.52. The fourth-order valence-corrected chi connectivity index (χ4v) is 6.63. The van der Waals surface area contributed by atoms with Gasteiger partial charge in [0.1, 0.15) is 30.8 Å². The first kappa shape index (κ1) is 36.3. The monoisotopic (exact) mass is 744 g/mol. The number of ether oxygens (including phenoxy) is 2. The van der Waals surface area contributed by atoms with E-state index in [9.17, 15) is 10.4 Å². The molecule has 0 saturated carbocycles. The van der Waals surface area contributed by atoms with Crippen LogP contribution in [0.15, 0.2) is 71.5 Å². The summed E-state index contributed by atoms with van der Waals surface area (Å²) in [5.41, 5.74) is 6.62. The molecule has 0 radical (unpaired) electrons. The predicted molar refractivity (Wildman–Crippen MR) is 199 cm³/mol. The molecule has 5 rings (SSSR count). The molecule has 11 heteroatoms. The van der Waals surface area contributed by atoms with Gasteiger partial charge in [-0.1, -0.05) is 41.9 Å². The van der Waals surface area contributed by atoms with Crippen LogP contribution < -0.4 is 20.1 Å². The highest BCUT2D eigenvalue weighted by Gasteiger charge is 2.17. The molecule has 9 nitrogen and oxygen atoms in total. The van der Waals surface area contributed by atoms with E-state index in [2.05, 4.69) is 42.5 Å². The van der Waals surface area contributed by atoms with E-state index >= 15 is 0 Å². The van der Waals surface area contributed by atoms with Crippen LogP contribution in [-0.4, -0.2) is 60.0 Å². The first-order chi connectivity index (χ1) is 23.9. The fourth-order valence-electron chi connectivity index (χ4n) is 5.79. The number of pyridine rings is 1. The van der Waals surface area contributed by atoms with Crippen LogP contribution in [0.4, 0.5) is 5.69 Å². The van der Waals surface area contributed by atoms with Crippen LogP contribution in [0.2, 0.25) is 5.02 Å². The molecular formula is C38H42BrClN6O3. The van der Waals surface area contributed by atoms with Crippen molar-refractivity contribution in [2.24, 2.45) is 0 Å². The Morgan fingerprint density at radius 2 is 1.84 bits per heavy atom. The summed E-state index contributed by atoms with van der Waals surface area (Å²) in [4.78, 5) is 6.64. The summed E-state index contributed by atoms with van der Waals surface area (Å²) in [7, 11) is 0. The summed E-state index contributed by atoms with van der Waals surface area (Å²) < 4.78 is 13.4. The average Bonchev–Trinajstić information content (AvgIpc) is 3.65. The van der Waals surface area contributed by atoms with Crippen molar-refractivity contribution in [2.45, 2.75) is 52.0 Å². The average molecular weight is 746 g/mol. The van der Waals surface area contributed by atoms with Gasteiger partial charge in [-0.05, 0) is 91.1 Å². The van der Waals surface area contributed by atoms with Crippen LogP contribution in [-0.2, 0) is 19.8 Å². The van der Waals surface area contributed by atoms with Crippen LogP contribution >= 0.6 is 27.5 Å². The summed E-state index contributed by atoms with van der Waals surface area (Å²) in [5, 5.41) is 34.3. The molecule has 1 aliphatic rings. The van der Waals surface area contributed by atoms with E-state index in [-0.39, 0.29) is 25.9 Å². The van der Waals surface area contributed by atoms with Crippen LogP contribution in [0, 0.1) is 16.7 Å². The molecule has 1 saturated heterocycles. The van der Waals surface area contributed by atoms with E-state index in [4.69, 9.17) is 26.5 Å². The van der Waals surface area contributed by atoms with Gasteiger partial charge in [0.2, 0.25) is 0 Å². The second-order valence-electron chi connectivity index (χ2n) is 12.1. The first-order valence-corrected chi connectivity index (χ1v) is 17.7. The Kier molecular flexibility index (Phi) is 13.4. The van der Waals surface area contributed by atoms with Crippen LogP contribution in [0.1, 0.15) is 54.0 Å². The molecule has 1 atom stereocenters. The van der Waals surface area contributed by atoms with Crippen molar-refractivity contribution in [1.29, 1.82) is 10.7 Å². The molecule has 1 aliphatic heterocycles. The van der Waals surface area contributed by atoms with E-state index in [0.29, 0.717) is 28.6 Å². The van der Waals surface area contributed by atoms with Crippen molar-refractivity contribution < 1.29 is 14.6 Å². The predicted octanol–water partition coefficient (Wildman–Crippen LogP) is 7.56. The summed E-state index contributed by atoms with van der Waals surface area (Å²) >= 11 is 10.6. The van der Waals surface area contributed by atoms with E-state index < -0.39 is 0 Å². The minimum Gasteiger partial charge on any atom is -0.488 e. The van der Waals surface area contributed by atoms with Crippen molar-refractivity contribution in [3.8, 4) is 28.7 Å². The Labute approximate surface area is 301 Å². The quantitative estimate of drug-likeness (QED) is 0.0645. The number of benzene rings is 3. The number of rotatable bonds is 17. The molecular weight excluding hydrogens is 704 g/mol. The van der Waals surface area contributed by atoms with Gasteiger partial charge >= 0.3 is 0 Å². The number of aromatic nitrogens is 1. The third-order valence-corrected chi connectivity index (χ3v) is 9.75. The van der Waals surface area contributed by atoms with Gasteiger partial charge in [-0.3, -0.25) is 4.98 Å². The van der Waals surface area contributed by atoms with E-state index in [0.717, 1.165) is 63.1 Å². The summed E-state index contributed by atoms with van der Waals surface area (Å²) in [6, 6.07) is 19.4. The Bertz CT molecular complexity index is 1780. The number of anilines is 1. The second kappa shape index (κ2) is 18.1. The molecule has 4 N–H and O–H groups in total. The van der Waals surface area contributed by atoms with Gasteiger partial charge in [0, 0.05) is 76.2 Å². The van der Waals surface area contributed by atoms with Crippen molar-refractivity contribution in [3.05, 3.63) is 104 Å². The molecule has 256 valence electrons. The number of likely N-dealkylation sites (tertiary alicyclic amines) is 1. The number of nitriles is 1. The van der Waals surface area contributed by atoms with E-state index in [1.165, 1.54) is 38.3 Å². The molecule has 2 heterocycles. The number of hydrogen-bond acceptors (Lipinski definition) is 9. The van der Waals surface area contributed by atoms with Crippen molar-refractivity contribution >= 4 is 39.4 Å². The highest BCUT2D eigenvalue weighted by molar-refractivity contribution is 9.10. The van der Waals surface area contributed by atoms with Crippen LogP contribution in [0.25, 0.3) is 11.1 Å². The Balaban J connectivity index is 1.32. The smallest absolute Gasteiger partial charge is 0.142 e. The third kappa shape index (κ3) is 9.81. The van der Waals surface area contributed by atoms with Gasteiger partial charge in [-0.2, -0.15) is 5.26 Å². The topological polar surface area (TPSA) is 127 Å². The summed E-state index contributed by atoms with van der Waals surface area (Å²) in [6.45, 7) is 7.06. The molecule has 1 fully saturated rings. The first-order valence-electron chi connectivity index (χ1n) is 16.5. The van der Waals surface area contributed by atoms with Gasteiger partial charge in [0.25, 0.3) is 0 Å². The lowest BCUT2D eigenvalue weighted by molar-refractivity contribution is 0.249. The van der Waals surface area contributed by atoms with Crippen molar-refractivity contribution in [3.63, 3.8) is 0 Å². The number of nitrogens with zero attached hydrogens (tertiary/aromatic N) is 3. The van der Waals surface area contributed by atoms with Crippen LogP contribution in [0.5, 0.6) is 11.5 Å². The fraction of sp³-hybridized carbons (Fsp3) is 0.342. The molecule has 3 aromatic carbocycles. The minimum absolute atomic E-state index is 0.00728. The molecule has 0 amide bonds. The maximum absolute atomic E-state index is 9.50. The minimum atomic E-state index is -0.117. The number of nitrogens with one attached hydrogen (secondary N) is 3. The maximum Gasteiger partial charge on any atom is 0.142 e. The van der Waals surface area contributed by atoms with E-state index in [1.807, 2.05) is 43.3 Å². The van der Waals surface area contributed by atoms with Gasteiger partial charge in [-0.25, -0.2) is 0 Å². The van der Waals surface area contributed by atoms with E-state index in [1.54, 1.807) is 24.4 Å². The second-order valence-corrected chi connectivity index (χ2v) is 13.3.